The van der Waals surface area contributed by atoms with Crippen LogP contribution in [0.1, 0.15) is 64.5 Å². The number of likely N-dealkylation sites (tertiary alicyclic amines) is 1. The van der Waals surface area contributed by atoms with Gasteiger partial charge in [0.05, 0.1) is 5.69 Å². The number of anilines is 2. The Kier molecular flexibility index (Phi) is 6.58. The molecule has 0 aliphatic carbocycles. The van der Waals surface area contributed by atoms with Gasteiger partial charge in [-0.2, -0.15) is 0 Å². The molecule has 0 atom stereocenters. The lowest BCUT2D eigenvalue weighted by Crippen LogP contribution is -2.56. The van der Waals surface area contributed by atoms with E-state index in [0.717, 1.165) is 38.3 Å². The molecule has 6 heteroatoms. The minimum atomic E-state index is -0.736. The molecule has 0 aromatic heterocycles. The van der Waals surface area contributed by atoms with Gasteiger partial charge in [0.15, 0.2) is 0 Å². The first-order valence-electron chi connectivity index (χ1n) is 13.6. The Morgan fingerprint density at radius 2 is 1.53 bits per heavy atom. The summed E-state index contributed by atoms with van der Waals surface area (Å²) in [7, 11) is 0. The van der Waals surface area contributed by atoms with Crippen LogP contribution in [0.15, 0.2) is 48.5 Å². The van der Waals surface area contributed by atoms with Crippen molar-refractivity contribution in [1.29, 1.82) is 0 Å². The number of amides is 3. The standard InChI is InChI=1S/C30H40N4O2/c1-5-33-28(36)34(26-10-8-9-24(21-26)29(2,3)4)27(35)30(33)15-19-31(20-16-30)22-23-11-13-25(14-12-23)32-17-6-7-18-32/h8-14,21H,5-7,15-20,22H2,1-4H3. The molecule has 3 fully saturated rings. The van der Waals surface area contributed by atoms with E-state index in [1.54, 1.807) is 0 Å². The second-order valence-electron chi connectivity index (χ2n) is 11.6. The lowest BCUT2D eigenvalue weighted by molar-refractivity contribution is -0.127. The molecule has 3 aliphatic heterocycles. The van der Waals surface area contributed by atoms with Crippen LogP contribution in [-0.4, -0.2) is 60.0 Å². The summed E-state index contributed by atoms with van der Waals surface area (Å²) in [6.45, 7) is 13.8. The normalized spacial score (nSPS) is 20.7. The van der Waals surface area contributed by atoms with Crippen molar-refractivity contribution < 1.29 is 9.59 Å². The fourth-order valence-electron chi connectivity index (χ4n) is 6.10. The number of hydrogen-bond acceptors (Lipinski definition) is 4. The molecule has 3 saturated heterocycles. The van der Waals surface area contributed by atoms with Crippen LogP contribution in [0.25, 0.3) is 0 Å². The average molecular weight is 489 g/mol. The van der Waals surface area contributed by atoms with Gasteiger partial charge in [-0.3, -0.25) is 9.69 Å². The van der Waals surface area contributed by atoms with Gasteiger partial charge in [0, 0.05) is 45.0 Å². The van der Waals surface area contributed by atoms with Crippen molar-refractivity contribution >= 4 is 23.3 Å². The van der Waals surface area contributed by atoms with Crippen LogP contribution in [0.2, 0.25) is 0 Å². The second-order valence-corrected chi connectivity index (χ2v) is 11.6. The number of urea groups is 1. The summed E-state index contributed by atoms with van der Waals surface area (Å²) in [5.41, 5.74) is 3.64. The van der Waals surface area contributed by atoms with Crippen LogP contribution in [-0.2, 0) is 16.8 Å². The van der Waals surface area contributed by atoms with Gasteiger partial charge >= 0.3 is 6.03 Å². The molecule has 2 aromatic carbocycles. The Labute approximate surface area is 215 Å². The maximum Gasteiger partial charge on any atom is 0.332 e. The zero-order valence-corrected chi connectivity index (χ0v) is 22.3. The molecule has 0 unspecified atom stereocenters. The lowest BCUT2D eigenvalue weighted by atomic mass is 9.85. The van der Waals surface area contributed by atoms with E-state index in [-0.39, 0.29) is 17.4 Å². The summed E-state index contributed by atoms with van der Waals surface area (Å²) in [4.78, 5) is 35.5. The van der Waals surface area contributed by atoms with Crippen LogP contribution in [0.5, 0.6) is 0 Å². The van der Waals surface area contributed by atoms with Crippen LogP contribution in [0.3, 0.4) is 0 Å². The quantitative estimate of drug-likeness (QED) is 0.528. The molecule has 192 valence electrons. The molecule has 1 spiro atoms. The molecular weight excluding hydrogens is 448 g/mol. The highest BCUT2D eigenvalue weighted by molar-refractivity contribution is 6.23. The molecule has 0 radical (unpaired) electrons. The van der Waals surface area contributed by atoms with Crippen molar-refractivity contribution in [3.05, 3.63) is 59.7 Å². The summed E-state index contributed by atoms with van der Waals surface area (Å²) >= 11 is 0. The monoisotopic (exact) mass is 488 g/mol. The number of imide groups is 1. The largest absolute Gasteiger partial charge is 0.372 e. The van der Waals surface area contributed by atoms with Crippen LogP contribution in [0.4, 0.5) is 16.2 Å². The van der Waals surface area contributed by atoms with Gasteiger partial charge in [0.25, 0.3) is 5.91 Å². The number of carbonyl (C=O) groups excluding carboxylic acids is 2. The Bertz CT molecular complexity index is 1110. The van der Waals surface area contributed by atoms with Crippen LogP contribution < -0.4 is 9.80 Å². The number of nitrogens with zero attached hydrogens (tertiary/aromatic N) is 4. The van der Waals surface area contributed by atoms with E-state index in [1.807, 2.05) is 30.0 Å². The second kappa shape index (κ2) is 9.55. The van der Waals surface area contributed by atoms with Crippen molar-refractivity contribution in [3.63, 3.8) is 0 Å². The number of hydrogen-bond donors (Lipinski definition) is 0. The van der Waals surface area contributed by atoms with Gasteiger partial charge in [0.1, 0.15) is 5.54 Å². The van der Waals surface area contributed by atoms with Crippen LogP contribution in [0, 0.1) is 0 Å². The zero-order chi connectivity index (χ0) is 25.5. The SMILES string of the molecule is CCN1C(=O)N(c2cccc(C(C)(C)C)c2)C(=O)C12CCN(Cc1ccc(N3CCCC3)cc1)CC2. The molecule has 36 heavy (non-hydrogen) atoms. The number of rotatable bonds is 5. The third-order valence-electron chi connectivity index (χ3n) is 8.32. The smallest absolute Gasteiger partial charge is 0.332 e. The lowest BCUT2D eigenvalue weighted by Gasteiger charge is -2.42. The zero-order valence-electron chi connectivity index (χ0n) is 22.3. The molecule has 5 rings (SSSR count). The van der Waals surface area contributed by atoms with E-state index in [1.165, 1.54) is 29.0 Å². The first kappa shape index (κ1) is 24.8. The van der Waals surface area contributed by atoms with E-state index in [2.05, 4.69) is 60.9 Å². The molecule has 6 nitrogen and oxygen atoms in total. The fourth-order valence-corrected chi connectivity index (χ4v) is 6.10. The van der Waals surface area contributed by atoms with Crippen molar-refractivity contribution in [2.24, 2.45) is 0 Å². The summed E-state index contributed by atoms with van der Waals surface area (Å²) < 4.78 is 0. The molecule has 0 saturated carbocycles. The summed E-state index contributed by atoms with van der Waals surface area (Å²) in [6.07, 6.45) is 3.92. The summed E-state index contributed by atoms with van der Waals surface area (Å²) in [6, 6.07) is 16.7. The highest BCUT2D eigenvalue weighted by Gasteiger charge is 2.57. The number of carbonyl (C=O) groups is 2. The van der Waals surface area contributed by atoms with E-state index in [4.69, 9.17) is 0 Å². The first-order valence-corrected chi connectivity index (χ1v) is 13.6. The summed E-state index contributed by atoms with van der Waals surface area (Å²) in [5.74, 6) is -0.0602. The minimum absolute atomic E-state index is 0.0536. The maximum atomic E-state index is 13.9. The summed E-state index contributed by atoms with van der Waals surface area (Å²) in [5, 5.41) is 0. The average Bonchev–Trinajstić information content (AvgIpc) is 3.47. The van der Waals surface area contributed by atoms with Crippen LogP contribution >= 0.6 is 0 Å². The minimum Gasteiger partial charge on any atom is -0.372 e. The Morgan fingerprint density at radius 3 is 2.14 bits per heavy atom. The van der Waals surface area contributed by atoms with Crippen molar-refractivity contribution in [2.75, 3.05) is 42.5 Å². The first-order chi connectivity index (χ1) is 17.2. The molecule has 3 heterocycles. The highest BCUT2D eigenvalue weighted by atomic mass is 16.2. The number of benzene rings is 2. The van der Waals surface area contributed by atoms with Gasteiger partial charge < -0.3 is 9.80 Å². The van der Waals surface area contributed by atoms with Gasteiger partial charge in [-0.05, 0) is 73.4 Å². The van der Waals surface area contributed by atoms with Crippen molar-refractivity contribution in [1.82, 2.24) is 9.80 Å². The molecule has 3 aliphatic rings. The predicted octanol–water partition coefficient (Wildman–Crippen LogP) is 5.41. The Hall–Kier alpha value is -2.86. The van der Waals surface area contributed by atoms with E-state index in [0.29, 0.717) is 25.1 Å². The third-order valence-corrected chi connectivity index (χ3v) is 8.32. The van der Waals surface area contributed by atoms with Crippen molar-refractivity contribution in [2.45, 2.75) is 70.9 Å². The Balaban J connectivity index is 1.29. The molecule has 2 aromatic rings. The van der Waals surface area contributed by atoms with Gasteiger partial charge in [0.2, 0.25) is 0 Å². The molecule has 3 amide bonds. The Morgan fingerprint density at radius 1 is 0.861 bits per heavy atom. The number of piperidine rings is 1. The molecular formula is C30H40N4O2. The van der Waals surface area contributed by atoms with Crippen molar-refractivity contribution in [3.8, 4) is 0 Å². The predicted molar refractivity (Wildman–Crippen MR) is 146 cm³/mol. The third kappa shape index (κ3) is 4.40. The van der Waals surface area contributed by atoms with E-state index in [9.17, 15) is 9.59 Å². The van der Waals surface area contributed by atoms with Gasteiger partial charge in [-0.1, -0.05) is 45.0 Å². The highest BCUT2D eigenvalue weighted by Crippen LogP contribution is 2.40. The van der Waals surface area contributed by atoms with Gasteiger partial charge in [-0.25, -0.2) is 9.69 Å². The van der Waals surface area contributed by atoms with Gasteiger partial charge in [-0.15, -0.1) is 0 Å². The van der Waals surface area contributed by atoms with E-state index >= 15 is 0 Å². The van der Waals surface area contributed by atoms with E-state index < -0.39 is 5.54 Å². The topological polar surface area (TPSA) is 47.1 Å². The maximum absolute atomic E-state index is 13.9. The molecule has 0 N–H and O–H groups in total. The number of likely N-dealkylation sites (N-methyl/N-ethyl adjacent to an activating group) is 1. The fraction of sp³-hybridized carbons (Fsp3) is 0.533. The molecule has 0 bridgehead atoms.